The van der Waals surface area contributed by atoms with Crippen molar-refractivity contribution in [2.75, 3.05) is 13.7 Å². The zero-order valence-electron chi connectivity index (χ0n) is 17.6. The third-order valence-corrected chi connectivity index (χ3v) is 4.75. The van der Waals surface area contributed by atoms with Crippen LogP contribution >= 0.6 is 11.6 Å². The fourth-order valence-corrected chi connectivity index (χ4v) is 3.15. The van der Waals surface area contributed by atoms with Crippen molar-refractivity contribution in [3.8, 4) is 23.3 Å². The van der Waals surface area contributed by atoms with Crippen molar-refractivity contribution in [3.05, 3.63) is 88.9 Å². The third-order valence-electron chi connectivity index (χ3n) is 4.52. The van der Waals surface area contributed by atoms with E-state index in [-0.39, 0.29) is 12.4 Å². The van der Waals surface area contributed by atoms with Crippen LogP contribution in [0, 0.1) is 11.3 Å². The number of nitriles is 1. The van der Waals surface area contributed by atoms with Gasteiger partial charge in [0, 0.05) is 11.4 Å². The second kappa shape index (κ2) is 11.6. The molecular formula is C26H22ClNO4. The number of benzene rings is 3. The highest BCUT2D eigenvalue weighted by atomic mass is 35.5. The van der Waals surface area contributed by atoms with E-state index in [0.29, 0.717) is 40.7 Å². The average Bonchev–Trinajstić information content (AvgIpc) is 2.81. The summed E-state index contributed by atoms with van der Waals surface area (Å²) < 4.78 is 16.4. The van der Waals surface area contributed by atoms with E-state index in [0.717, 1.165) is 11.3 Å². The van der Waals surface area contributed by atoms with E-state index >= 15 is 0 Å². The largest absolute Gasteiger partial charge is 0.494 e. The summed E-state index contributed by atoms with van der Waals surface area (Å²) >= 11 is 6.03. The minimum atomic E-state index is -0.375. The van der Waals surface area contributed by atoms with Gasteiger partial charge in [-0.3, -0.25) is 4.79 Å². The zero-order valence-corrected chi connectivity index (χ0v) is 18.3. The van der Waals surface area contributed by atoms with E-state index in [1.165, 1.54) is 7.11 Å². The van der Waals surface area contributed by atoms with Gasteiger partial charge in [-0.25, -0.2) is 0 Å². The quantitative estimate of drug-likeness (QED) is 0.129. The van der Waals surface area contributed by atoms with E-state index in [4.69, 9.17) is 25.8 Å². The number of esters is 1. The molecule has 5 nitrogen and oxygen atoms in total. The fraction of sp³-hybridized carbons (Fsp3) is 0.154. The number of methoxy groups -OCH3 is 1. The Kier molecular flexibility index (Phi) is 8.30. The second-order valence-electron chi connectivity index (χ2n) is 6.83. The van der Waals surface area contributed by atoms with Gasteiger partial charge in [0.25, 0.3) is 0 Å². The van der Waals surface area contributed by atoms with Crippen molar-refractivity contribution < 1.29 is 19.0 Å². The third kappa shape index (κ3) is 6.63. The van der Waals surface area contributed by atoms with Crippen LogP contribution in [-0.2, 0) is 4.79 Å². The number of carbonyl (C=O) groups is 1. The molecule has 0 aliphatic carbocycles. The lowest BCUT2D eigenvalue weighted by Gasteiger charge is -2.11. The summed E-state index contributed by atoms with van der Waals surface area (Å²) in [5, 5.41) is 10.1. The van der Waals surface area contributed by atoms with E-state index in [1.807, 2.05) is 36.4 Å². The SMILES string of the molecule is COc1cc(/C=C(/C#N)c2cccc(Cl)c2)ccc1OC(=O)CCCOc1ccccc1. The molecule has 0 aliphatic heterocycles. The van der Waals surface area contributed by atoms with E-state index < -0.39 is 0 Å². The van der Waals surface area contributed by atoms with Crippen LogP contribution in [0.5, 0.6) is 17.2 Å². The van der Waals surface area contributed by atoms with Crippen molar-refractivity contribution in [1.29, 1.82) is 5.26 Å². The summed E-state index contributed by atoms with van der Waals surface area (Å²) in [5.41, 5.74) is 1.90. The first-order chi connectivity index (χ1) is 15.6. The molecule has 0 spiro atoms. The molecule has 0 saturated heterocycles. The molecule has 0 saturated carbocycles. The Morgan fingerprint density at radius 3 is 2.56 bits per heavy atom. The van der Waals surface area contributed by atoms with Crippen LogP contribution in [-0.4, -0.2) is 19.7 Å². The van der Waals surface area contributed by atoms with Crippen LogP contribution < -0.4 is 14.2 Å². The summed E-state index contributed by atoms with van der Waals surface area (Å²) in [7, 11) is 1.50. The van der Waals surface area contributed by atoms with Crippen molar-refractivity contribution >= 4 is 29.2 Å². The second-order valence-corrected chi connectivity index (χ2v) is 7.27. The summed E-state index contributed by atoms with van der Waals surface area (Å²) in [6, 6.07) is 23.8. The maximum absolute atomic E-state index is 12.2. The molecule has 0 unspecified atom stereocenters. The maximum atomic E-state index is 12.2. The van der Waals surface area contributed by atoms with Crippen LogP contribution in [0.25, 0.3) is 11.6 Å². The van der Waals surface area contributed by atoms with Crippen molar-refractivity contribution in [2.24, 2.45) is 0 Å². The molecule has 0 fully saturated rings. The highest BCUT2D eigenvalue weighted by Crippen LogP contribution is 2.30. The number of ether oxygens (including phenoxy) is 3. The molecule has 0 bridgehead atoms. The van der Waals surface area contributed by atoms with Crippen molar-refractivity contribution in [3.63, 3.8) is 0 Å². The normalized spacial score (nSPS) is 10.8. The minimum Gasteiger partial charge on any atom is -0.494 e. The first-order valence-electron chi connectivity index (χ1n) is 10.0. The molecule has 3 rings (SSSR count). The van der Waals surface area contributed by atoms with Gasteiger partial charge in [-0.1, -0.05) is 48.0 Å². The lowest BCUT2D eigenvalue weighted by atomic mass is 10.0. The van der Waals surface area contributed by atoms with Gasteiger partial charge in [-0.05, 0) is 60.0 Å². The molecule has 3 aromatic rings. The number of nitrogens with zero attached hydrogens (tertiary/aromatic N) is 1. The van der Waals surface area contributed by atoms with Gasteiger partial charge < -0.3 is 14.2 Å². The van der Waals surface area contributed by atoms with E-state index in [2.05, 4.69) is 6.07 Å². The number of para-hydroxylation sites is 1. The van der Waals surface area contributed by atoms with Gasteiger partial charge >= 0.3 is 5.97 Å². The van der Waals surface area contributed by atoms with Crippen LogP contribution in [0.1, 0.15) is 24.0 Å². The van der Waals surface area contributed by atoms with Crippen molar-refractivity contribution in [2.45, 2.75) is 12.8 Å². The molecule has 0 amide bonds. The number of carbonyl (C=O) groups excluding carboxylic acids is 1. The van der Waals surface area contributed by atoms with Crippen molar-refractivity contribution in [1.82, 2.24) is 0 Å². The van der Waals surface area contributed by atoms with Crippen LogP contribution in [0.15, 0.2) is 72.8 Å². The van der Waals surface area contributed by atoms with Gasteiger partial charge in [0.1, 0.15) is 5.75 Å². The highest BCUT2D eigenvalue weighted by molar-refractivity contribution is 6.30. The van der Waals surface area contributed by atoms with Gasteiger partial charge in [0.2, 0.25) is 0 Å². The lowest BCUT2D eigenvalue weighted by Crippen LogP contribution is -2.10. The molecule has 162 valence electrons. The Hall–Kier alpha value is -3.75. The Morgan fingerprint density at radius 2 is 1.84 bits per heavy atom. The molecule has 0 aromatic heterocycles. The number of hydrogen-bond donors (Lipinski definition) is 0. The molecule has 0 radical (unpaired) electrons. The zero-order chi connectivity index (χ0) is 22.8. The molecule has 0 atom stereocenters. The summed E-state index contributed by atoms with van der Waals surface area (Å²) in [6.45, 7) is 0.417. The highest BCUT2D eigenvalue weighted by Gasteiger charge is 2.11. The summed E-state index contributed by atoms with van der Waals surface area (Å²) in [5.74, 6) is 1.11. The lowest BCUT2D eigenvalue weighted by molar-refractivity contribution is -0.134. The minimum absolute atomic E-state index is 0.213. The molecule has 6 heteroatoms. The number of allylic oxidation sites excluding steroid dienone is 1. The number of halogens is 1. The monoisotopic (exact) mass is 447 g/mol. The number of hydrogen-bond acceptors (Lipinski definition) is 5. The standard InChI is InChI=1S/C26H22ClNO4/c1-30-25-16-19(15-21(18-28)20-7-5-8-22(27)17-20)12-13-24(25)32-26(29)11-6-14-31-23-9-3-2-4-10-23/h2-5,7-10,12-13,15-17H,6,11,14H2,1H3/b21-15-. The van der Waals surface area contributed by atoms with Gasteiger partial charge in [-0.2, -0.15) is 5.26 Å². The summed E-state index contributed by atoms with van der Waals surface area (Å²) in [6.07, 6.45) is 2.47. The molecule has 0 N–H and O–H groups in total. The van der Waals surface area contributed by atoms with Gasteiger partial charge in [0.05, 0.1) is 25.4 Å². The number of rotatable bonds is 9. The van der Waals surface area contributed by atoms with E-state index in [9.17, 15) is 10.1 Å². The topological polar surface area (TPSA) is 68.5 Å². The Labute approximate surface area is 192 Å². The maximum Gasteiger partial charge on any atom is 0.311 e. The molecule has 0 aliphatic rings. The van der Waals surface area contributed by atoms with Crippen LogP contribution in [0.2, 0.25) is 5.02 Å². The van der Waals surface area contributed by atoms with Gasteiger partial charge in [0.15, 0.2) is 11.5 Å². The van der Waals surface area contributed by atoms with Gasteiger partial charge in [-0.15, -0.1) is 0 Å². The first kappa shape index (κ1) is 22.9. The molecule has 32 heavy (non-hydrogen) atoms. The van der Waals surface area contributed by atoms with E-state index in [1.54, 1.807) is 42.5 Å². The van der Waals surface area contributed by atoms with Crippen LogP contribution in [0.3, 0.4) is 0 Å². The van der Waals surface area contributed by atoms with Crippen LogP contribution in [0.4, 0.5) is 0 Å². The molecule has 3 aromatic carbocycles. The predicted octanol–water partition coefficient (Wildman–Crippen LogP) is 6.18. The first-order valence-corrected chi connectivity index (χ1v) is 10.4. The summed E-state index contributed by atoms with van der Waals surface area (Å²) in [4.78, 5) is 12.2. The predicted molar refractivity (Wildman–Crippen MR) is 125 cm³/mol. The Balaban J connectivity index is 1.62. The Bertz CT molecular complexity index is 1140. The molecule has 0 heterocycles. The molecular weight excluding hydrogens is 426 g/mol. The average molecular weight is 448 g/mol. The Morgan fingerprint density at radius 1 is 1.03 bits per heavy atom. The fourth-order valence-electron chi connectivity index (χ4n) is 2.96. The smallest absolute Gasteiger partial charge is 0.311 e.